The number of hydrogen-bond donors (Lipinski definition) is 1. The Hall–Kier alpha value is -1.35. The van der Waals surface area contributed by atoms with E-state index in [1.807, 2.05) is 12.1 Å². The topological polar surface area (TPSA) is 46.5 Å². The first-order valence-corrected chi connectivity index (χ1v) is 6.63. The molecule has 0 aromatic heterocycles. The fourth-order valence-corrected chi connectivity index (χ4v) is 2.51. The van der Waals surface area contributed by atoms with E-state index in [9.17, 15) is 4.79 Å². The summed E-state index contributed by atoms with van der Waals surface area (Å²) in [6.45, 7) is 2.82. The molecule has 0 radical (unpaired) electrons. The van der Waals surface area contributed by atoms with Crippen LogP contribution in [0.1, 0.15) is 48.5 Å². The molecule has 2 unspecified atom stereocenters. The largest absolute Gasteiger partial charge is 0.478 e. The van der Waals surface area contributed by atoms with E-state index in [1.54, 1.807) is 12.1 Å². The quantitative estimate of drug-likeness (QED) is 0.867. The summed E-state index contributed by atoms with van der Waals surface area (Å²) >= 11 is 0. The van der Waals surface area contributed by atoms with Crippen molar-refractivity contribution in [1.82, 2.24) is 0 Å². The minimum absolute atomic E-state index is 0.325. The molecule has 3 heteroatoms. The number of carboxylic acid groups (broad SMARTS) is 1. The Bertz CT molecular complexity index is 397. The van der Waals surface area contributed by atoms with Crippen LogP contribution in [0.4, 0.5) is 0 Å². The summed E-state index contributed by atoms with van der Waals surface area (Å²) in [6.07, 6.45) is 5.23. The number of aromatic carboxylic acids is 1. The maximum Gasteiger partial charge on any atom is 0.335 e. The second-order valence-corrected chi connectivity index (χ2v) is 5.02. The van der Waals surface area contributed by atoms with Crippen LogP contribution >= 0.6 is 0 Å². The first-order valence-electron chi connectivity index (χ1n) is 6.63. The van der Waals surface area contributed by atoms with Crippen molar-refractivity contribution in [2.75, 3.05) is 0 Å². The van der Waals surface area contributed by atoms with Gasteiger partial charge in [0.1, 0.15) is 0 Å². The van der Waals surface area contributed by atoms with Crippen LogP contribution in [0.3, 0.4) is 0 Å². The van der Waals surface area contributed by atoms with Gasteiger partial charge in [0.15, 0.2) is 0 Å². The molecule has 1 N–H and O–H groups in total. The lowest BCUT2D eigenvalue weighted by Crippen LogP contribution is -2.08. The van der Waals surface area contributed by atoms with Gasteiger partial charge in [-0.1, -0.05) is 25.5 Å². The van der Waals surface area contributed by atoms with Crippen molar-refractivity contribution in [1.29, 1.82) is 0 Å². The second kappa shape index (κ2) is 6.01. The molecule has 18 heavy (non-hydrogen) atoms. The van der Waals surface area contributed by atoms with Crippen molar-refractivity contribution >= 4 is 5.97 Å². The molecule has 2 rings (SSSR count). The number of benzene rings is 1. The smallest absolute Gasteiger partial charge is 0.335 e. The lowest BCUT2D eigenvalue weighted by Gasteiger charge is -2.12. The van der Waals surface area contributed by atoms with Crippen LogP contribution in [-0.4, -0.2) is 17.2 Å². The van der Waals surface area contributed by atoms with Crippen LogP contribution in [-0.2, 0) is 11.3 Å². The van der Waals surface area contributed by atoms with Gasteiger partial charge in [-0.2, -0.15) is 0 Å². The van der Waals surface area contributed by atoms with Crippen LogP contribution in [0.25, 0.3) is 0 Å². The number of carboxylic acids is 1. The van der Waals surface area contributed by atoms with Crippen molar-refractivity contribution in [2.24, 2.45) is 5.92 Å². The Kier molecular flexibility index (Phi) is 4.37. The molecule has 1 aromatic carbocycles. The molecule has 1 aliphatic rings. The highest BCUT2D eigenvalue weighted by molar-refractivity contribution is 5.87. The van der Waals surface area contributed by atoms with Gasteiger partial charge in [-0.25, -0.2) is 4.79 Å². The van der Waals surface area contributed by atoms with Crippen LogP contribution in [0, 0.1) is 5.92 Å². The average molecular weight is 248 g/mol. The highest BCUT2D eigenvalue weighted by Crippen LogP contribution is 2.30. The molecule has 1 fully saturated rings. The van der Waals surface area contributed by atoms with E-state index in [4.69, 9.17) is 9.84 Å². The van der Waals surface area contributed by atoms with Crippen LogP contribution in [0.5, 0.6) is 0 Å². The van der Waals surface area contributed by atoms with Gasteiger partial charge in [0.2, 0.25) is 0 Å². The summed E-state index contributed by atoms with van der Waals surface area (Å²) in [6, 6.07) is 6.92. The van der Waals surface area contributed by atoms with E-state index >= 15 is 0 Å². The zero-order valence-electron chi connectivity index (χ0n) is 10.8. The summed E-state index contributed by atoms with van der Waals surface area (Å²) < 4.78 is 5.87. The third-order valence-electron chi connectivity index (χ3n) is 3.76. The molecule has 0 amide bonds. The Morgan fingerprint density at radius 3 is 2.61 bits per heavy atom. The third kappa shape index (κ3) is 3.33. The van der Waals surface area contributed by atoms with E-state index in [2.05, 4.69) is 6.92 Å². The summed E-state index contributed by atoms with van der Waals surface area (Å²) in [5.74, 6) is -0.0616. The highest BCUT2D eigenvalue weighted by Gasteiger charge is 2.23. The van der Waals surface area contributed by atoms with E-state index in [1.165, 1.54) is 19.3 Å². The Morgan fingerprint density at radius 1 is 1.33 bits per heavy atom. The van der Waals surface area contributed by atoms with Crippen LogP contribution < -0.4 is 0 Å². The zero-order chi connectivity index (χ0) is 13.0. The molecule has 0 aliphatic heterocycles. The molecule has 0 spiro atoms. The minimum atomic E-state index is -0.885. The molecular formula is C15H20O3. The molecule has 0 heterocycles. The predicted octanol–water partition coefficient (Wildman–Crippen LogP) is 3.48. The fourth-order valence-electron chi connectivity index (χ4n) is 2.51. The van der Waals surface area contributed by atoms with Crippen molar-refractivity contribution < 1.29 is 14.6 Å². The summed E-state index contributed by atoms with van der Waals surface area (Å²) in [7, 11) is 0. The standard InChI is InChI=1S/C15H20O3/c1-2-11-5-8-14(9-11)18-10-12-3-6-13(7-4-12)15(16)17/h3-4,6-7,11,14H,2,5,8-10H2,1H3,(H,16,17). The van der Waals surface area contributed by atoms with Gasteiger partial charge in [-0.05, 0) is 42.9 Å². The third-order valence-corrected chi connectivity index (χ3v) is 3.76. The van der Waals surface area contributed by atoms with E-state index < -0.39 is 5.97 Å². The molecule has 98 valence electrons. The van der Waals surface area contributed by atoms with Gasteiger partial charge in [0.05, 0.1) is 18.3 Å². The average Bonchev–Trinajstić information content (AvgIpc) is 2.85. The van der Waals surface area contributed by atoms with Crippen LogP contribution in [0.2, 0.25) is 0 Å². The van der Waals surface area contributed by atoms with Gasteiger partial charge >= 0.3 is 5.97 Å². The maximum absolute atomic E-state index is 10.7. The Morgan fingerprint density at radius 2 is 2.06 bits per heavy atom. The molecule has 0 saturated heterocycles. The van der Waals surface area contributed by atoms with Gasteiger partial charge in [-0.3, -0.25) is 0 Å². The Balaban J connectivity index is 1.82. The van der Waals surface area contributed by atoms with Gasteiger partial charge in [-0.15, -0.1) is 0 Å². The lowest BCUT2D eigenvalue weighted by atomic mass is 10.1. The van der Waals surface area contributed by atoms with E-state index in [-0.39, 0.29) is 0 Å². The number of ether oxygens (including phenoxy) is 1. The van der Waals surface area contributed by atoms with E-state index in [0.717, 1.165) is 17.9 Å². The van der Waals surface area contributed by atoms with Crippen molar-refractivity contribution in [3.8, 4) is 0 Å². The lowest BCUT2D eigenvalue weighted by molar-refractivity contribution is 0.0428. The van der Waals surface area contributed by atoms with Crippen LogP contribution in [0.15, 0.2) is 24.3 Å². The minimum Gasteiger partial charge on any atom is -0.478 e. The SMILES string of the molecule is CCC1CCC(OCc2ccc(C(=O)O)cc2)C1. The summed E-state index contributed by atoms with van der Waals surface area (Å²) in [5.41, 5.74) is 1.37. The zero-order valence-corrected chi connectivity index (χ0v) is 10.8. The van der Waals surface area contributed by atoms with Crippen molar-refractivity contribution in [3.05, 3.63) is 35.4 Å². The van der Waals surface area contributed by atoms with Gasteiger partial charge < -0.3 is 9.84 Å². The Labute approximate surface area is 108 Å². The molecule has 3 nitrogen and oxygen atoms in total. The predicted molar refractivity (Wildman–Crippen MR) is 69.6 cm³/mol. The van der Waals surface area contributed by atoms with Gasteiger partial charge in [0.25, 0.3) is 0 Å². The van der Waals surface area contributed by atoms with Crippen molar-refractivity contribution in [2.45, 2.75) is 45.3 Å². The maximum atomic E-state index is 10.7. The molecular weight excluding hydrogens is 228 g/mol. The number of rotatable bonds is 5. The van der Waals surface area contributed by atoms with E-state index in [0.29, 0.717) is 18.3 Å². The molecule has 1 saturated carbocycles. The second-order valence-electron chi connectivity index (χ2n) is 5.02. The van der Waals surface area contributed by atoms with Crippen molar-refractivity contribution in [3.63, 3.8) is 0 Å². The fraction of sp³-hybridized carbons (Fsp3) is 0.533. The highest BCUT2D eigenvalue weighted by atomic mass is 16.5. The molecule has 1 aromatic rings. The monoisotopic (exact) mass is 248 g/mol. The van der Waals surface area contributed by atoms with Gasteiger partial charge in [0, 0.05) is 0 Å². The molecule has 2 atom stereocenters. The summed E-state index contributed by atoms with van der Waals surface area (Å²) in [5, 5.41) is 8.80. The first kappa shape index (κ1) is 13.1. The number of hydrogen-bond acceptors (Lipinski definition) is 2. The molecule has 0 bridgehead atoms. The number of carbonyl (C=O) groups is 1. The normalized spacial score (nSPS) is 23.2. The first-order chi connectivity index (χ1) is 8.69. The summed E-state index contributed by atoms with van der Waals surface area (Å²) in [4.78, 5) is 10.7. The molecule has 1 aliphatic carbocycles.